The number of benzene rings is 1. The Hall–Kier alpha value is -2.70. The number of hydrogen-bond acceptors (Lipinski definition) is 4. The van der Waals surface area contributed by atoms with Crippen LogP contribution in [-0.4, -0.2) is 47.5 Å². The Kier molecular flexibility index (Phi) is 5.35. The van der Waals surface area contributed by atoms with Gasteiger partial charge in [0.2, 0.25) is 11.8 Å². The quantitative estimate of drug-likeness (QED) is 0.893. The Morgan fingerprint density at radius 2 is 1.92 bits per heavy atom. The lowest BCUT2D eigenvalue weighted by atomic mass is 10.0. The van der Waals surface area contributed by atoms with Gasteiger partial charge < -0.3 is 10.2 Å². The van der Waals surface area contributed by atoms with Crippen LogP contribution in [0.4, 0.5) is 5.69 Å². The van der Waals surface area contributed by atoms with Crippen molar-refractivity contribution in [3.05, 3.63) is 29.8 Å². The highest BCUT2D eigenvalue weighted by atomic mass is 16.2. The zero-order valence-electron chi connectivity index (χ0n) is 15.2. The molecule has 1 aromatic carbocycles. The van der Waals surface area contributed by atoms with E-state index in [4.69, 9.17) is 0 Å². The molecule has 2 aliphatic heterocycles. The molecule has 7 nitrogen and oxygen atoms in total. The highest BCUT2D eigenvalue weighted by Crippen LogP contribution is 2.21. The summed E-state index contributed by atoms with van der Waals surface area (Å²) in [5.41, 5.74) is 2.08. The third kappa shape index (κ3) is 4.09. The molecule has 1 saturated heterocycles. The molecule has 0 saturated carbocycles. The van der Waals surface area contributed by atoms with Crippen molar-refractivity contribution in [2.45, 2.75) is 45.6 Å². The predicted molar refractivity (Wildman–Crippen MR) is 98.8 cm³/mol. The standard InChI is InChI=1S/C19H24N4O3/c1-13-4-3-5-16(12-13)23-18(25)7-6-17(21-23)19(26)20-15-8-10-22(11-9-15)14(2)24/h3-5,12,15H,6-11H2,1-2H3,(H,20,26). The smallest absolute Gasteiger partial charge is 0.267 e. The van der Waals surface area contributed by atoms with Crippen LogP contribution in [0.25, 0.3) is 0 Å². The van der Waals surface area contributed by atoms with Crippen LogP contribution in [0.15, 0.2) is 29.4 Å². The van der Waals surface area contributed by atoms with Gasteiger partial charge in [-0.1, -0.05) is 12.1 Å². The van der Waals surface area contributed by atoms with Gasteiger partial charge in [-0.05, 0) is 37.5 Å². The minimum Gasteiger partial charge on any atom is -0.348 e. The van der Waals surface area contributed by atoms with Crippen LogP contribution in [-0.2, 0) is 14.4 Å². The van der Waals surface area contributed by atoms with Gasteiger partial charge in [-0.15, -0.1) is 0 Å². The lowest BCUT2D eigenvalue weighted by Gasteiger charge is -2.32. The zero-order valence-corrected chi connectivity index (χ0v) is 15.2. The van der Waals surface area contributed by atoms with E-state index in [9.17, 15) is 14.4 Å². The molecule has 0 radical (unpaired) electrons. The topological polar surface area (TPSA) is 82.1 Å². The van der Waals surface area contributed by atoms with Crippen molar-refractivity contribution in [3.63, 3.8) is 0 Å². The van der Waals surface area contributed by atoms with Crippen molar-refractivity contribution >= 4 is 29.1 Å². The van der Waals surface area contributed by atoms with Crippen molar-refractivity contribution in [1.29, 1.82) is 0 Å². The summed E-state index contributed by atoms with van der Waals surface area (Å²) in [5.74, 6) is -0.267. The number of nitrogens with zero attached hydrogens (tertiary/aromatic N) is 3. The number of carbonyl (C=O) groups excluding carboxylic acids is 3. The molecule has 2 aliphatic rings. The van der Waals surface area contributed by atoms with Crippen molar-refractivity contribution in [2.75, 3.05) is 18.1 Å². The zero-order chi connectivity index (χ0) is 18.7. The van der Waals surface area contributed by atoms with Crippen LogP contribution in [0.1, 0.15) is 38.2 Å². The number of piperidine rings is 1. The molecule has 2 heterocycles. The number of anilines is 1. The molecule has 0 bridgehead atoms. The number of hydrogen-bond donors (Lipinski definition) is 1. The molecule has 0 aromatic heterocycles. The van der Waals surface area contributed by atoms with E-state index in [2.05, 4.69) is 10.4 Å². The summed E-state index contributed by atoms with van der Waals surface area (Å²) in [7, 11) is 0. The third-order valence-electron chi connectivity index (χ3n) is 4.82. The summed E-state index contributed by atoms with van der Waals surface area (Å²) in [4.78, 5) is 38.0. The van der Waals surface area contributed by atoms with Gasteiger partial charge >= 0.3 is 0 Å². The van der Waals surface area contributed by atoms with Gasteiger partial charge in [0.05, 0.1) is 5.69 Å². The number of rotatable bonds is 3. The number of nitrogens with one attached hydrogen (secondary N) is 1. The molecule has 3 rings (SSSR count). The van der Waals surface area contributed by atoms with Gasteiger partial charge in [0.25, 0.3) is 5.91 Å². The van der Waals surface area contributed by atoms with Gasteiger partial charge in [-0.25, -0.2) is 5.01 Å². The fourth-order valence-electron chi connectivity index (χ4n) is 3.29. The molecule has 0 unspecified atom stereocenters. The van der Waals surface area contributed by atoms with Gasteiger partial charge in [0.15, 0.2) is 0 Å². The first-order valence-electron chi connectivity index (χ1n) is 8.97. The largest absolute Gasteiger partial charge is 0.348 e. The highest BCUT2D eigenvalue weighted by molar-refractivity contribution is 6.40. The molecule has 3 amide bonds. The van der Waals surface area contributed by atoms with Crippen LogP contribution >= 0.6 is 0 Å². The van der Waals surface area contributed by atoms with E-state index in [1.807, 2.05) is 31.2 Å². The molecule has 1 fully saturated rings. The molecule has 0 spiro atoms. The average Bonchev–Trinajstić information content (AvgIpc) is 2.62. The second kappa shape index (κ2) is 7.68. The van der Waals surface area contributed by atoms with Crippen molar-refractivity contribution in [2.24, 2.45) is 5.10 Å². The second-order valence-electron chi connectivity index (χ2n) is 6.85. The maximum absolute atomic E-state index is 12.6. The molecule has 0 atom stereocenters. The Labute approximate surface area is 153 Å². The summed E-state index contributed by atoms with van der Waals surface area (Å²) in [5, 5.41) is 8.63. The number of amides is 3. The van der Waals surface area contributed by atoms with Gasteiger partial charge in [0.1, 0.15) is 5.71 Å². The van der Waals surface area contributed by atoms with E-state index in [0.717, 1.165) is 18.4 Å². The van der Waals surface area contributed by atoms with Crippen molar-refractivity contribution in [1.82, 2.24) is 10.2 Å². The van der Waals surface area contributed by atoms with Gasteiger partial charge in [0, 0.05) is 38.9 Å². The third-order valence-corrected chi connectivity index (χ3v) is 4.82. The highest BCUT2D eigenvalue weighted by Gasteiger charge is 2.28. The Morgan fingerprint density at radius 3 is 2.58 bits per heavy atom. The second-order valence-corrected chi connectivity index (χ2v) is 6.85. The molecule has 1 aromatic rings. The van der Waals surface area contributed by atoms with E-state index < -0.39 is 0 Å². The first-order chi connectivity index (χ1) is 12.4. The monoisotopic (exact) mass is 356 g/mol. The van der Waals surface area contributed by atoms with Crippen molar-refractivity contribution < 1.29 is 14.4 Å². The van der Waals surface area contributed by atoms with Crippen LogP contribution in [0.3, 0.4) is 0 Å². The number of carbonyl (C=O) groups is 3. The average molecular weight is 356 g/mol. The van der Waals surface area contributed by atoms with Crippen LogP contribution in [0.5, 0.6) is 0 Å². The first kappa shape index (κ1) is 18.1. The van der Waals surface area contributed by atoms with E-state index in [1.54, 1.807) is 11.8 Å². The molecule has 1 N–H and O–H groups in total. The van der Waals surface area contributed by atoms with Crippen LogP contribution < -0.4 is 10.3 Å². The predicted octanol–water partition coefficient (Wildman–Crippen LogP) is 1.60. The fraction of sp³-hybridized carbons (Fsp3) is 0.474. The Morgan fingerprint density at radius 1 is 1.19 bits per heavy atom. The van der Waals surface area contributed by atoms with Crippen LogP contribution in [0.2, 0.25) is 0 Å². The summed E-state index contributed by atoms with van der Waals surface area (Å²) >= 11 is 0. The fourth-order valence-corrected chi connectivity index (χ4v) is 3.29. The lowest BCUT2D eigenvalue weighted by Crippen LogP contribution is -2.48. The summed E-state index contributed by atoms with van der Waals surface area (Å²) in [6.45, 7) is 4.82. The van der Waals surface area contributed by atoms with E-state index in [-0.39, 0.29) is 30.2 Å². The molecule has 7 heteroatoms. The summed E-state index contributed by atoms with van der Waals surface area (Å²) in [6.07, 6.45) is 2.08. The Bertz CT molecular complexity index is 751. The maximum atomic E-state index is 12.6. The maximum Gasteiger partial charge on any atom is 0.267 e. The lowest BCUT2D eigenvalue weighted by molar-refractivity contribution is -0.130. The minimum absolute atomic E-state index is 0.0332. The summed E-state index contributed by atoms with van der Waals surface area (Å²) < 4.78 is 0. The normalized spacial score (nSPS) is 18.5. The van der Waals surface area contributed by atoms with Crippen LogP contribution in [0, 0.1) is 6.92 Å². The van der Waals surface area contributed by atoms with E-state index in [0.29, 0.717) is 30.9 Å². The number of hydrazone groups is 1. The van der Waals surface area contributed by atoms with Gasteiger partial charge in [-0.3, -0.25) is 14.4 Å². The molecule has 0 aliphatic carbocycles. The van der Waals surface area contributed by atoms with Crippen molar-refractivity contribution in [3.8, 4) is 0 Å². The first-order valence-corrected chi connectivity index (χ1v) is 8.97. The number of aryl methyl sites for hydroxylation is 1. The van der Waals surface area contributed by atoms with E-state index >= 15 is 0 Å². The molecule has 138 valence electrons. The molecular formula is C19H24N4O3. The SMILES string of the molecule is CC(=O)N1CCC(NC(=O)C2=NN(c3cccc(C)c3)C(=O)CC2)CC1. The van der Waals surface area contributed by atoms with Gasteiger partial charge in [-0.2, -0.15) is 5.10 Å². The summed E-state index contributed by atoms with van der Waals surface area (Å²) in [6, 6.07) is 7.53. The molecule has 26 heavy (non-hydrogen) atoms. The minimum atomic E-state index is -0.226. The van der Waals surface area contributed by atoms with E-state index in [1.165, 1.54) is 5.01 Å². The molecular weight excluding hydrogens is 332 g/mol. The number of likely N-dealkylation sites (tertiary alicyclic amines) is 1. The Balaban J connectivity index is 1.66.